The second kappa shape index (κ2) is 1.54. The zero-order chi connectivity index (χ0) is 5.28. The Hall–Kier alpha value is -0.510. The lowest BCUT2D eigenvalue weighted by atomic mass is 11.6. The molecular weight excluding hydrogens is 117 g/mol. The normalized spacial score (nSPS) is 20.0. The molecule has 4 heteroatoms. The molecule has 7 heavy (non-hydrogen) atoms. The number of thioether (sulfide) groups is 1. The molecule has 1 fully saturated rings. The highest BCUT2D eigenvalue weighted by atomic mass is 32.2. The molecule has 0 aromatic heterocycles. The number of hydrogen-bond donors (Lipinski definition) is 1. The summed E-state index contributed by atoms with van der Waals surface area (Å²) in [6.45, 7) is 0. The number of hydrogen-bond acceptors (Lipinski definition) is 3. The molecule has 1 aliphatic heterocycles. The molecule has 1 heterocycles. The fourth-order valence-corrected chi connectivity index (χ4v) is 0.837. The van der Waals surface area contributed by atoms with Crippen molar-refractivity contribution >= 4 is 22.9 Å². The molecule has 1 saturated heterocycles. The van der Waals surface area contributed by atoms with E-state index < -0.39 is 0 Å². The first-order valence-corrected chi connectivity index (χ1v) is 2.74. The molecule has 2 amide bonds. The quantitative estimate of drug-likeness (QED) is 0.456. The van der Waals surface area contributed by atoms with Crippen molar-refractivity contribution in [3.8, 4) is 0 Å². The van der Waals surface area contributed by atoms with Gasteiger partial charge in [0.1, 0.15) is 0 Å². The van der Waals surface area contributed by atoms with E-state index in [9.17, 15) is 9.59 Å². The fraction of sp³-hybridized carbons (Fsp3) is 0.333. The van der Waals surface area contributed by atoms with Crippen LogP contribution < -0.4 is 5.32 Å². The van der Waals surface area contributed by atoms with Crippen molar-refractivity contribution < 1.29 is 9.59 Å². The molecule has 0 unspecified atom stereocenters. The molecule has 0 radical (unpaired) electrons. The Kier molecular flexibility index (Phi) is 1.02. The Balaban J connectivity index is 2.55. The third-order valence-electron chi connectivity index (χ3n) is 0.576. The van der Waals surface area contributed by atoms with Gasteiger partial charge in [-0.2, -0.15) is 0 Å². The van der Waals surface area contributed by atoms with Crippen LogP contribution in [0.2, 0.25) is 0 Å². The highest BCUT2D eigenvalue weighted by Gasteiger charge is 2.16. The number of carbonyl (C=O) groups excluding carboxylic acids is 2. The second-order valence-electron chi connectivity index (χ2n) is 1.12. The third kappa shape index (κ3) is 0.928. The molecule has 0 aromatic rings. The van der Waals surface area contributed by atoms with Crippen LogP contribution in [0.5, 0.6) is 0 Å². The van der Waals surface area contributed by atoms with Crippen LogP contribution in [0, 0.1) is 0 Å². The summed E-state index contributed by atoms with van der Waals surface area (Å²) >= 11 is 1.01. The molecule has 1 N–H and O–H groups in total. The van der Waals surface area contributed by atoms with E-state index in [2.05, 4.69) is 5.32 Å². The van der Waals surface area contributed by atoms with E-state index in [1.165, 1.54) is 0 Å². The van der Waals surface area contributed by atoms with Gasteiger partial charge in [0.05, 0.1) is 5.75 Å². The maximum Gasteiger partial charge on any atom is 0.286 e. The summed E-state index contributed by atoms with van der Waals surface area (Å²) in [5.41, 5.74) is 0. The standard InChI is InChI=1S/C3H3NO2S/c5-2-1-7-3(6)4-2/h1H2,(H,4,5,6)/i1+1,2+1,3+1. The summed E-state index contributed by atoms with van der Waals surface area (Å²) in [7, 11) is 0. The zero-order valence-corrected chi connectivity index (χ0v) is 4.25. The van der Waals surface area contributed by atoms with Gasteiger partial charge in [-0.1, -0.05) is 11.8 Å². The van der Waals surface area contributed by atoms with Gasteiger partial charge in [-0.05, 0) is 0 Å². The van der Waals surface area contributed by atoms with Crippen molar-refractivity contribution in [3.05, 3.63) is 0 Å². The van der Waals surface area contributed by atoms with Crippen LogP contribution in [0.1, 0.15) is 0 Å². The van der Waals surface area contributed by atoms with Crippen molar-refractivity contribution in [2.45, 2.75) is 0 Å². The van der Waals surface area contributed by atoms with E-state index >= 15 is 0 Å². The van der Waals surface area contributed by atoms with Crippen LogP contribution in [0.3, 0.4) is 0 Å². The minimum atomic E-state index is -0.231. The Labute approximate surface area is 44.5 Å². The first-order chi connectivity index (χ1) is 3.29. The SMILES string of the molecule is O=[13C]1[13CH2]S[13C](=O)N1. The lowest BCUT2D eigenvalue weighted by molar-refractivity contribution is -0.117. The van der Waals surface area contributed by atoms with Crippen molar-refractivity contribution in [3.63, 3.8) is 0 Å². The smallest absolute Gasteiger partial charge is 0.286 e. The Bertz CT molecular complexity index is 108. The van der Waals surface area contributed by atoms with E-state index in [0.29, 0.717) is 5.75 Å². The molecule has 0 atom stereocenters. The molecule has 0 spiro atoms. The van der Waals surface area contributed by atoms with E-state index in [0.717, 1.165) is 11.8 Å². The predicted octanol–water partition coefficient (Wildman–Crippen LogP) is -0.0306. The molecule has 1 rings (SSSR count). The first-order valence-electron chi connectivity index (χ1n) is 1.75. The summed E-state index contributed by atoms with van der Waals surface area (Å²) in [4.78, 5) is 20.2. The monoisotopic (exact) mass is 120 g/mol. The predicted molar refractivity (Wildman–Crippen MR) is 26.0 cm³/mol. The van der Waals surface area contributed by atoms with Crippen molar-refractivity contribution in [1.82, 2.24) is 5.32 Å². The molecule has 0 saturated carbocycles. The largest absolute Gasteiger partial charge is 0.286 e. The molecule has 38 valence electrons. The summed E-state index contributed by atoms with van der Waals surface area (Å²) in [5.74, 6) is 0.105. The van der Waals surface area contributed by atoms with Gasteiger partial charge in [-0.3, -0.25) is 14.9 Å². The summed E-state index contributed by atoms with van der Waals surface area (Å²) in [6, 6.07) is 0. The van der Waals surface area contributed by atoms with Gasteiger partial charge < -0.3 is 0 Å². The van der Waals surface area contributed by atoms with Gasteiger partial charge in [0.25, 0.3) is 5.24 Å². The fourth-order valence-electron chi connectivity index (χ4n) is 0.317. The summed E-state index contributed by atoms with van der Waals surface area (Å²) < 4.78 is 0. The van der Waals surface area contributed by atoms with E-state index in [1.54, 1.807) is 0 Å². The van der Waals surface area contributed by atoms with E-state index in [4.69, 9.17) is 0 Å². The molecule has 1 aliphatic rings. The van der Waals surface area contributed by atoms with Gasteiger partial charge in [0.2, 0.25) is 5.91 Å². The number of amides is 2. The maximum absolute atomic E-state index is 10.1. The van der Waals surface area contributed by atoms with Crippen molar-refractivity contribution in [1.29, 1.82) is 0 Å². The van der Waals surface area contributed by atoms with Crippen LogP contribution in [0.15, 0.2) is 0 Å². The Morgan fingerprint density at radius 1 is 1.57 bits per heavy atom. The summed E-state index contributed by atoms with van der Waals surface area (Å²) in [5, 5.41) is 1.87. The van der Waals surface area contributed by atoms with Gasteiger partial charge in [0, 0.05) is 0 Å². The average Bonchev–Trinajstić information content (AvgIpc) is 1.87. The first kappa shape index (κ1) is 4.64. The molecule has 0 bridgehead atoms. The Morgan fingerprint density at radius 3 is 2.43 bits per heavy atom. The van der Waals surface area contributed by atoms with E-state index in [-0.39, 0.29) is 11.1 Å². The Morgan fingerprint density at radius 2 is 2.29 bits per heavy atom. The number of rotatable bonds is 0. The van der Waals surface area contributed by atoms with Crippen molar-refractivity contribution in [2.24, 2.45) is 0 Å². The van der Waals surface area contributed by atoms with Crippen molar-refractivity contribution in [2.75, 3.05) is 5.75 Å². The lowest BCUT2D eigenvalue weighted by Gasteiger charge is -1.77. The maximum atomic E-state index is 10.1. The van der Waals surface area contributed by atoms with Crippen LogP contribution >= 0.6 is 11.8 Å². The van der Waals surface area contributed by atoms with Crippen LogP contribution in [-0.2, 0) is 4.79 Å². The van der Waals surface area contributed by atoms with Crippen LogP contribution in [0.25, 0.3) is 0 Å². The van der Waals surface area contributed by atoms with E-state index in [1.807, 2.05) is 0 Å². The molecule has 3 nitrogen and oxygen atoms in total. The summed E-state index contributed by atoms with van der Waals surface area (Å²) in [6.07, 6.45) is 0. The van der Waals surface area contributed by atoms with Crippen LogP contribution in [0.4, 0.5) is 4.79 Å². The topological polar surface area (TPSA) is 46.2 Å². The van der Waals surface area contributed by atoms with Gasteiger partial charge in [0.15, 0.2) is 0 Å². The average molecular weight is 120 g/mol. The minimum absolute atomic E-state index is 0.185. The molecular formula is C3H3NO2S. The highest BCUT2D eigenvalue weighted by Crippen LogP contribution is 2.06. The minimum Gasteiger partial charge on any atom is -0.286 e. The number of imide groups is 1. The highest BCUT2D eigenvalue weighted by molar-refractivity contribution is 8.14. The van der Waals surface area contributed by atoms with Gasteiger partial charge in [-0.25, -0.2) is 0 Å². The van der Waals surface area contributed by atoms with Crippen LogP contribution in [-0.4, -0.2) is 16.9 Å². The number of nitrogens with one attached hydrogen (secondary N) is 1. The zero-order valence-electron chi connectivity index (χ0n) is 3.43. The second-order valence-corrected chi connectivity index (χ2v) is 2.07. The molecule has 0 aliphatic carbocycles. The molecule has 0 aromatic carbocycles. The lowest BCUT2D eigenvalue weighted by Crippen LogP contribution is -2.18. The van der Waals surface area contributed by atoms with Gasteiger partial charge >= 0.3 is 0 Å². The third-order valence-corrected chi connectivity index (χ3v) is 1.35. The van der Waals surface area contributed by atoms with Gasteiger partial charge in [-0.15, -0.1) is 0 Å². The number of carbonyl (C=O) groups is 2.